The van der Waals surface area contributed by atoms with Crippen LogP contribution in [0, 0.1) is 22.2 Å². The maximum Gasteiger partial charge on any atom is 0.278 e. The van der Waals surface area contributed by atoms with Crippen molar-refractivity contribution in [1.29, 1.82) is 5.26 Å². The van der Waals surface area contributed by atoms with E-state index in [1.807, 2.05) is 6.07 Å². The van der Waals surface area contributed by atoms with Crippen molar-refractivity contribution < 1.29 is 47.5 Å². The average Bonchev–Trinajstić information content (AvgIpc) is 3.31. The lowest BCUT2D eigenvalue weighted by Crippen LogP contribution is -2.74. The molecule has 18 nitrogen and oxygen atoms in total. The molecular formula is C48H60ClN7O11. The summed E-state index contributed by atoms with van der Waals surface area (Å²) in [6.45, 7) is 13.8. The van der Waals surface area contributed by atoms with Crippen molar-refractivity contribution in [2.24, 2.45) is 10.8 Å². The molecule has 3 amide bonds. The molecule has 3 aromatic carbocycles. The van der Waals surface area contributed by atoms with Crippen molar-refractivity contribution >= 4 is 45.9 Å². The second-order valence-corrected chi connectivity index (χ2v) is 17.8. The van der Waals surface area contributed by atoms with E-state index in [0.29, 0.717) is 118 Å². The number of anilines is 1. The Morgan fingerprint density at radius 3 is 2.03 bits per heavy atom. The highest BCUT2D eigenvalue weighted by molar-refractivity contribution is 6.31. The van der Waals surface area contributed by atoms with E-state index in [9.17, 15) is 24.4 Å². The highest BCUT2D eigenvalue weighted by Crippen LogP contribution is 2.55. The van der Waals surface area contributed by atoms with Crippen LogP contribution in [0.15, 0.2) is 65.5 Å². The topological polar surface area (TPSA) is 223 Å². The molecule has 6 rings (SSSR count). The van der Waals surface area contributed by atoms with E-state index in [4.69, 9.17) is 44.8 Å². The number of carbonyl (C=O) groups is 3. The van der Waals surface area contributed by atoms with E-state index < -0.39 is 17.5 Å². The van der Waals surface area contributed by atoms with Crippen LogP contribution in [0.5, 0.6) is 11.5 Å². The van der Waals surface area contributed by atoms with Gasteiger partial charge in [-0.15, -0.1) is 5.10 Å². The van der Waals surface area contributed by atoms with E-state index in [0.717, 1.165) is 23.2 Å². The third-order valence-corrected chi connectivity index (χ3v) is 12.1. The van der Waals surface area contributed by atoms with Crippen LogP contribution in [0.1, 0.15) is 75.3 Å². The van der Waals surface area contributed by atoms with E-state index in [-0.39, 0.29) is 47.6 Å². The van der Waals surface area contributed by atoms with Gasteiger partial charge in [-0.2, -0.15) is 9.94 Å². The minimum Gasteiger partial charge on any atom is -0.491 e. The predicted molar refractivity (Wildman–Crippen MR) is 248 cm³/mol. The van der Waals surface area contributed by atoms with Gasteiger partial charge in [0.15, 0.2) is 0 Å². The number of nitrogens with zero attached hydrogens (tertiary/aromatic N) is 4. The Labute approximate surface area is 394 Å². The van der Waals surface area contributed by atoms with Crippen molar-refractivity contribution in [2.75, 3.05) is 84.5 Å². The van der Waals surface area contributed by atoms with Crippen molar-refractivity contribution in [3.05, 3.63) is 87.2 Å². The predicted octanol–water partition coefficient (Wildman–Crippen LogP) is 5.26. The average molecular weight is 946 g/mol. The van der Waals surface area contributed by atoms with Crippen molar-refractivity contribution in [3.63, 3.8) is 0 Å². The van der Waals surface area contributed by atoms with Gasteiger partial charge >= 0.3 is 0 Å². The summed E-state index contributed by atoms with van der Waals surface area (Å²) in [5.74, 6) is 0.121. The fourth-order valence-electron chi connectivity index (χ4n) is 8.56. The number of hydrogen-bond acceptors (Lipinski definition) is 15. The maximum absolute atomic E-state index is 13.2. The van der Waals surface area contributed by atoms with Crippen LogP contribution < -0.4 is 31.0 Å². The number of hydrogen-bond donors (Lipinski definition) is 3. The number of piperidine rings is 1. The fraction of sp³-hybridized carbons (Fsp3) is 0.521. The van der Waals surface area contributed by atoms with Crippen LogP contribution in [0.4, 0.5) is 5.69 Å². The Kier molecular flexibility index (Phi) is 18.5. The largest absolute Gasteiger partial charge is 0.491 e. The number of carbonyl (C=O) groups excluding carboxylic acids is 3. The molecule has 360 valence electrons. The van der Waals surface area contributed by atoms with Gasteiger partial charge in [0.05, 0.1) is 75.4 Å². The number of amides is 3. The number of rotatable bonds is 27. The molecule has 2 fully saturated rings. The Hall–Kier alpha value is -5.68. The lowest BCUT2D eigenvalue weighted by molar-refractivity contribution is -0.164. The molecule has 1 aliphatic carbocycles. The van der Waals surface area contributed by atoms with Crippen LogP contribution in [0.3, 0.4) is 0 Å². The summed E-state index contributed by atoms with van der Waals surface area (Å²) >= 11 is 6.22. The van der Waals surface area contributed by atoms with Crippen LogP contribution in [-0.4, -0.2) is 124 Å². The van der Waals surface area contributed by atoms with Crippen molar-refractivity contribution in [1.82, 2.24) is 25.6 Å². The molecule has 3 N–H and O–H groups in total. The van der Waals surface area contributed by atoms with Gasteiger partial charge < -0.3 is 43.8 Å². The van der Waals surface area contributed by atoms with E-state index >= 15 is 0 Å². The summed E-state index contributed by atoms with van der Waals surface area (Å²) in [5.41, 5.74) is 0.922. The second kappa shape index (κ2) is 24.4. The first-order valence-electron chi connectivity index (χ1n) is 22.5. The molecule has 1 aliphatic heterocycles. The molecule has 1 unspecified atom stereocenters. The molecule has 0 radical (unpaired) electrons. The van der Waals surface area contributed by atoms with E-state index in [2.05, 4.69) is 60.0 Å². The summed E-state index contributed by atoms with van der Waals surface area (Å²) in [6.07, 6.45) is 1.83. The Morgan fingerprint density at radius 1 is 0.806 bits per heavy atom. The standard InChI is InChI=1S/C48H60ClN7O11/c1-47(2)45(48(3,4)46(47)67-36-13-9-33(31-50)38(49)30-36)53-42(58)32-7-11-35(12-8-32)66-28-27-65-26-25-64-24-23-63-22-21-62-20-19-61-18-6-5-17-51-34-10-14-39-37(29-34)44(60)56(55-54-39)40-15-16-41(57)52-43(40)59/h7-14,29-30,40,45-46,51H,5-6,15-28H2,1-4H3,(H,53,58)(H,52,57,59)/t40?,45-,46-. The fourth-order valence-corrected chi connectivity index (χ4v) is 8.77. The van der Waals surface area contributed by atoms with Crippen LogP contribution >= 0.6 is 11.6 Å². The van der Waals surface area contributed by atoms with Gasteiger partial charge in [0.25, 0.3) is 17.4 Å². The Balaban J connectivity index is 0.716. The number of fused-ring (bicyclic) bond motifs is 1. The lowest BCUT2D eigenvalue weighted by Gasteiger charge is -2.63. The summed E-state index contributed by atoms with van der Waals surface area (Å²) in [4.78, 5) is 50.1. The molecule has 0 spiro atoms. The number of nitriles is 1. The van der Waals surface area contributed by atoms with Gasteiger partial charge in [-0.25, -0.2) is 0 Å². The lowest BCUT2D eigenvalue weighted by atomic mass is 9.49. The molecule has 67 heavy (non-hydrogen) atoms. The highest BCUT2D eigenvalue weighted by atomic mass is 35.5. The first kappa shape index (κ1) is 50.7. The minimum absolute atomic E-state index is 0.138. The van der Waals surface area contributed by atoms with Crippen molar-refractivity contribution in [2.45, 2.75) is 71.6 Å². The molecule has 1 saturated heterocycles. The third kappa shape index (κ3) is 13.7. The molecule has 2 aliphatic rings. The maximum atomic E-state index is 13.2. The number of imide groups is 1. The van der Waals surface area contributed by atoms with Crippen LogP contribution in [-0.2, 0) is 33.3 Å². The number of nitrogens with one attached hydrogen (secondary N) is 3. The molecule has 1 saturated carbocycles. The van der Waals surface area contributed by atoms with E-state index in [1.54, 1.807) is 54.6 Å². The quantitative estimate of drug-likeness (QED) is 0.0512. The van der Waals surface area contributed by atoms with Crippen LogP contribution in [0.25, 0.3) is 10.9 Å². The smallest absolute Gasteiger partial charge is 0.278 e. The summed E-state index contributed by atoms with van der Waals surface area (Å²) in [5, 5.41) is 26.6. The van der Waals surface area contributed by atoms with Gasteiger partial charge in [-0.3, -0.25) is 24.5 Å². The first-order chi connectivity index (χ1) is 32.3. The zero-order chi connectivity index (χ0) is 47.8. The first-order valence-corrected chi connectivity index (χ1v) is 22.9. The third-order valence-electron chi connectivity index (χ3n) is 11.8. The molecule has 2 heterocycles. The number of unbranched alkanes of at least 4 members (excludes halogenated alkanes) is 1. The molecule has 1 atom stereocenters. The van der Waals surface area contributed by atoms with E-state index in [1.165, 1.54) is 0 Å². The van der Waals surface area contributed by atoms with Gasteiger partial charge in [-0.05, 0) is 73.9 Å². The number of ether oxygens (including phenoxy) is 7. The molecule has 0 bridgehead atoms. The highest BCUT2D eigenvalue weighted by Gasteiger charge is 2.64. The molecule has 1 aromatic heterocycles. The SMILES string of the molecule is CC1(C)[C@H](NC(=O)c2ccc(OCCOCCOCCOCCOCCOCCCCNc3ccc4nnn(C5CCC(=O)NC5=O)c(=O)c4c3)cc2)C(C)(C)[C@H]1Oc1ccc(C#N)c(Cl)c1. The number of halogens is 1. The second-order valence-electron chi connectivity index (χ2n) is 17.4. The van der Waals surface area contributed by atoms with Gasteiger partial charge in [0.2, 0.25) is 5.91 Å². The number of benzene rings is 3. The van der Waals surface area contributed by atoms with Crippen LogP contribution in [0.2, 0.25) is 5.02 Å². The Morgan fingerprint density at radius 2 is 1.42 bits per heavy atom. The molecule has 19 heteroatoms. The normalized spacial score (nSPS) is 18.4. The van der Waals surface area contributed by atoms with Gasteiger partial charge in [-0.1, -0.05) is 44.5 Å². The zero-order valence-corrected chi connectivity index (χ0v) is 39.2. The van der Waals surface area contributed by atoms with Gasteiger partial charge in [0, 0.05) is 53.8 Å². The number of aromatic nitrogens is 3. The minimum atomic E-state index is -0.867. The monoisotopic (exact) mass is 945 g/mol. The Bertz CT molecular complexity index is 2390. The zero-order valence-electron chi connectivity index (χ0n) is 38.5. The summed E-state index contributed by atoms with van der Waals surface area (Å²) < 4.78 is 41.1. The summed E-state index contributed by atoms with van der Waals surface area (Å²) in [7, 11) is 0. The van der Waals surface area contributed by atoms with Gasteiger partial charge in [0.1, 0.15) is 41.8 Å². The van der Waals surface area contributed by atoms with Crippen molar-refractivity contribution in [3.8, 4) is 17.6 Å². The summed E-state index contributed by atoms with van der Waals surface area (Å²) in [6, 6.07) is 18.3. The molecule has 4 aromatic rings. The molecular weight excluding hydrogens is 886 g/mol.